The Kier molecular flexibility index (Phi) is 5.53. The van der Waals surface area contributed by atoms with E-state index in [1.54, 1.807) is 0 Å². The Hall–Kier alpha value is -3.02. The summed E-state index contributed by atoms with van der Waals surface area (Å²) in [4.78, 5) is 13.1. The van der Waals surface area contributed by atoms with Crippen molar-refractivity contribution in [1.29, 1.82) is 0 Å². The van der Waals surface area contributed by atoms with E-state index in [2.05, 4.69) is 84.3 Å². The molecule has 0 aliphatic carbocycles. The number of H-pyrrole nitrogens is 1. The number of aromatic amines is 1. The minimum atomic E-state index is 0.815. The van der Waals surface area contributed by atoms with Gasteiger partial charge in [0.05, 0.1) is 21.7 Å². The first-order chi connectivity index (χ1) is 15.2. The number of halogens is 2. The molecular weight excluding hydrogens is 514 g/mol. The lowest BCUT2D eigenvalue weighted by Crippen LogP contribution is -2.00. The maximum atomic E-state index is 5.07. The summed E-state index contributed by atoms with van der Waals surface area (Å²) in [5.74, 6) is 0. The lowest BCUT2D eigenvalue weighted by atomic mass is 9.99. The second-order valence-corrected chi connectivity index (χ2v) is 8.74. The maximum absolute atomic E-state index is 5.07. The van der Waals surface area contributed by atoms with Gasteiger partial charge in [-0.3, -0.25) is 0 Å². The van der Waals surface area contributed by atoms with Gasteiger partial charge in [0.15, 0.2) is 0 Å². The quantitative estimate of drug-likeness (QED) is 0.367. The normalized spacial score (nSPS) is 18.3. The van der Waals surface area contributed by atoms with Gasteiger partial charge in [-0.05, 0) is 79.4 Å². The summed E-state index contributed by atoms with van der Waals surface area (Å²) in [7, 11) is 0. The van der Waals surface area contributed by atoms with E-state index in [0.29, 0.717) is 0 Å². The van der Waals surface area contributed by atoms with E-state index >= 15 is 0 Å². The molecule has 0 radical (unpaired) electrons. The fourth-order valence-electron chi connectivity index (χ4n) is 3.71. The molecule has 3 heterocycles. The first kappa shape index (κ1) is 19.9. The largest absolute Gasteiger partial charge is 0.349 e. The van der Waals surface area contributed by atoms with Crippen LogP contribution in [-0.2, 0) is 0 Å². The molecule has 0 spiro atoms. The topological polar surface area (TPSA) is 40.5 Å². The first-order valence-electron chi connectivity index (χ1n) is 9.83. The molecule has 3 nitrogen and oxygen atoms in total. The number of allylic oxidation sites excluding steroid dienone is 5. The number of hydrogen-bond donors (Lipinski definition) is 1. The number of rotatable bonds is 4. The Morgan fingerprint density at radius 1 is 0.613 bits per heavy atom. The van der Waals surface area contributed by atoms with Gasteiger partial charge < -0.3 is 4.98 Å². The molecule has 0 unspecified atom stereocenters. The Morgan fingerprint density at radius 2 is 1.23 bits per heavy atom. The summed E-state index contributed by atoms with van der Waals surface area (Å²) >= 11 is 7.01. The molecule has 0 atom stereocenters. The Balaban J connectivity index is 1.70. The van der Waals surface area contributed by atoms with Crippen molar-refractivity contribution in [2.75, 3.05) is 0 Å². The van der Waals surface area contributed by atoms with Crippen molar-refractivity contribution in [3.63, 3.8) is 0 Å². The molecule has 0 saturated heterocycles. The lowest BCUT2D eigenvalue weighted by Gasteiger charge is -2.10. The number of hydrogen-bond acceptors (Lipinski definition) is 2. The highest BCUT2D eigenvalue weighted by Crippen LogP contribution is 2.34. The van der Waals surface area contributed by atoms with Crippen LogP contribution in [0, 0.1) is 0 Å². The van der Waals surface area contributed by atoms with Crippen LogP contribution in [0.4, 0.5) is 0 Å². The number of aromatic nitrogens is 1. The first-order valence-corrected chi connectivity index (χ1v) is 11.4. The summed E-state index contributed by atoms with van der Waals surface area (Å²) in [5, 5.41) is 0. The van der Waals surface area contributed by atoms with E-state index in [9.17, 15) is 0 Å². The number of nitrogens with one attached hydrogen (secondary N) is 1. The van der Waals surface area contributed by atoms with Gasteiger partial charge in [-0.25, -0.2) is 9.98 Å². The van der Waals surface area contributed by atoms with Gasteiger partial charge in [0.2, 0.25) is 0 Å². The van der Waals surface area contributed by atoms with Gasteiger partial charge >= 0.3 is 0 Å². The van der Waals surface area contributed by atoms with Crippen LogP contribution in [0.2, 0.25) is 0 Å². The third-order valence-corrected chi connectivity index (χ3v) is 5.96. The van der Waals surface area contributed by atoms with E-state index < -0.39 is 0 Å². The van der Waals surface area contributed by atoms with Crippen molar-refractivity contribution >= 4 is 53.3 Å². The van der Waals surface area contributed by atoms with Crippen molar-refractivity contribution < 1.29 is 0 Å². The van der Waals surface area contributed by atoms with Crippen LogP contribution in [0.25, 0.3) is 11.1 Å². The predicted octanol–water partition coefficient (Wildman–Crippen LogP) is 7.32. The molecule has 2 aliphatic rings. The van der Waals surface area contributed by atoms with E-state index in [-0.39, 0.29) is 0 Å². The molecule has 31 heavy (non-hydrogen) atoms. The molecule has 150 valence electrons. The highest BCUT2D eigenvalue weighted by atomic mass is 79.9. The predicted molar refractivity (Wildman–Crippen MR) is 136 cm³/mol. The zero-order chi connectivity index (χ0) is 21.2. The van der Waals surface area contributed by atoms with Crippen LogP contribution >= 0.6 is 31.9 Å². The third-order valence-electron chi connectivity index (χ3n) is 5.06. The summed E-state index contributed by atoms with van der Waals surface area (Å²) in [6.07, 6.45) is 8.12. The van der Waals surface area contributed by atoms with Gasteiger partial charge in [-0.15, -0.1) is 0 Å². The molecule has 1 N–H and O–H groups in total. The minimum Gasteiger partial charge on any atom is -0.349 e. The van der Waals surface area contributed by atoms with Crippen LogP contribution in [-0.4, -0.2) is 15.3 Å². The van der Waals surface area contributed by atoms with Gasteiger partial charge in [0.25, 0.3) is 0 Å². The second-order valence-electron chi connectivity index (χ2n) is 7.07. The Morgan fingerprint density at radius 3 is 1.81 bits per heavy atom. The van der Waals surface area contributed by atoms with Crippen molar-refractivity contribution in [3.05, 3.63) is 130 Å². The molecule has 5 heteroatoms. The van der Waals surface area contributed by atoms with E-state index in [4.69, 9.17) is 4.99 Å². The minimum absolute atomic E-state index is 0.815. The molecule has 2 aromatic carbocycles. The Labute approximate surface area is 197 Å². The van der Waals surface area contributed by atoms with Crippen LogP contribution in [0.15, 0.2) is 123 Å². The standard InChI is InChI=1S/C26H17Br2N3/c27-23-15-13-21(30-23)25(17-7-3-1-4-8-17)19-11-12-20(29-19)26(18-9-5-2-6-10-18)22-14-16-24(28)31-22/h1-16,30H/b25-19+,26-22+. The zero-order valence-electron chi connectivity index (χ0n) is 16.4. The SMILES string of the molecule is BrC1=N/C(=C(C2=N/C(=C(\c3ccccc3)c3ccc(Br)[nH]3)C=C2)\c2ccccc2)C=C1. The van der Waals surface area contributed by atoms with Crippen molar-refractivity contribution in [1.82, 2.24) is 4.98 Å². The molecule has 5 rings (SSSR count). The molecule has 2 aliphatic heterocycles. The molecule has 1 aromatic heterocycles. The average molecular weight is 531 g/mol. The molecule has 3 aromatic rings. The van der Waals surface area contributed by atoms with Gasteiger partial charge in [-0.1, -0.05) is 60.7 Å². The van der Waals surface area contributed by atoms with Crippen LogP contribution < -0.4 is 0 Å². The highest BCUT2D eigenvalue weighted by Gasteiger charge is 2.21. The highest BCUT2D eigenvalue weighted by molar-refractivity contribution is 9.18. The molecule has 0 amide bonds. The van der Waals surface area contributed by atoms with E-state index in [1.165, 1.54) is 0 Å². The molecule has 0 saturated carbocycles. The van der Waals surface area contributed by atoms with Crippen LogP contribution in [0.1, 0.15) is 16.8 Å². The number of aliphatic imine (C=N–C) groups is 2. The summed E-state index contributed by atoms with van der Waals surface area (Å²) in [6.45, 7) is 0. The van der Waals surface area contributed by atoms with Crippen molar-refractivity contribution in [3.8, 4) is 0 Å². The zero-order valence-corrected chi connectivity index (χ0v) is 19.6. The third kappa shape index (κ3) is 4.11. The summed E-state index contributed by atoms with van der Waals surface area (Å²) in [5.41, 5.74) is 7.98. The van der Waals surface area contributed by atoms with E-state index in [1.807, 2.05) is 54.6 Å². The van der Waals surface area contributed by atoms with Gasteiger partial charge in [0.1, 0.15) is 4.62 Å². The average Bonchev–Trinajstić information content (AvgIpc) is 3.53. The van der Waals surface area contributed by atoms with E-state index in [0.717, 1.165) is 54.3 Å². The summed E-state index contributed by atoms with van der Waals surface area (Å²) < 4.78 is 1.75. The smallest absolute Gasteiger partial charge is 0.106 e. The van der Waals surface area contributed by atoms with Gasteiger partial charge in [0, 0.05) is 16.8 Å². The fourth-order valence-corrected chi connectivity index (χ4v) is 4.38. The van der Waals surface area contributed by atoms with Gasteiger partial charge in [-0.2, -0.15) is 0 Å². The van der Waals surface area contributed by atoms with Crippen molar-refractivity contribution in [2.24, 2.45) is 9.98 Å². The number of benzene rings is 2. The monoisotopic (exact) mass is 529 g/mol. The van der Waals surface area contributed by atoms with Crippen LogP contribution in [0.5, 0.6) is 0 Å². The molecule has 0 fully saturated rings. The fraction of sp³-hybridized carbons (Fsp3) is 0. The number of nitrogens with zero attached hydrogens (tertiary/aromatic N) is 2. The summed E-state index contributed by atoms with van der Waals surface area (Å²) in [6, 6.07) is 24.7. The second kappa shape index (κ2) is 8.61. The maximum Gasteiger partial charge on any atom is 0.106 e. The van der Waals surface area contributed by atoms with Crippen molar-refractivity contribution in [2.45, 2.75) is 0 Å². The Bertz CT molecular complexity index is 1320. The van der Waals surface area contributed by atoms with Crippen LogP contribution in [0.3, 0.4) is 0 Å². The molecular formula is C26H17Br2N3. The lowest BCUT2D eigenvalue weighted by molar-refractivity contribution is 1.29. The molecule has 0 bridgehead atoms.